The monoisotopic (exact) mass is 406 g/mol. The second kappa shape index (κ2) is 9.01. The van der Waals surface area contributed by atoms with Gasteiger partial charge in [-0.15, -0.1) is 0 Å². The molecule has 29 heavy (non-hydrogen) atoms. The highest BCUT2D eigenvalue weighted by Crippen LogP contribution is 2.18. The minimum Gasteiger partial charge on any atom is -0.332 e. The summed E-state index contributed by atoms with van der Waals surface area (Å²) in [6.07, 6.45) is 1.78. The highest BCUT2D eigenvalue weighted by Gasteiger charge is 2.11. The molecule has 2 N–H and O–H groups in total. The van der Waals surface area contributed by atoms with Crippen LogP contribution < -0.4 is 10.6 Å². The lowest BCUT2D eigenvalue weighted by molar-refractivity contribution is 0.0977. The lowest BCUT2D eigenvalue weighted by Gasteiger charge is -2.11. The van der Waals surface area contributed by atoms with Crippen LogP contribution in [0.1, 0.15) is 45.4 Å². The molecular formula is C23H26N4OS. The number of amides is 1. The van der Waals surface area contributed by atoms with E-state index in [2.05, 4.69) is 41.7 Å². The van der Waals surface area contributed by atoms with E-state index in [-0.39, 0.29) is 11.0 Å². The van der Waals surface area contributed by atoms with Crippen LogP contribution in [0.15, 0.2) is 48.5 Å². The summed E-state index contributed by atoms with van der Waals surface area (Å²) in [6, 6.07) is 15.6. The van der Waals surface area contributed by atoms with Crippen LogP contribution in [0.25, 0.3) is 0 Å². The molecular weight excluding hydrogens is 380 g/mol. The molecule has 3 rings (SSSR count). The van der Waals surface area contributed by atoms with E-state index in [1.165, 1.54) is 22.4 Å². The van der Waals surface area contributed by atoms with Crippen molar-refractivity contribution in [1.82, 2.24) is 15.1 Å². The standard InChI is InChI=1S/C23H26N4OS/c1-5-17-6-10-19(11-7-17)22(28)25-23(29)24-20-12-8-18(9-13-20)14-21-15(2)26-27(4)16(21)3/h6-13H,5,14H2,1-4H3,(H2,24,25,28,29). The van der Waals surface area contributed by atoms with Gasteiger partial charge in [0.15, 0.2) is 5.11 Å². The van der Waals surface area contributed by atoms with E-state index < -0.39 is 0 Å². The van der Waals surface area contributed by atoms with Crippen LogP contribution in [0.2, 0.25) is 0 Å². The molecule has 0 unspecified atom stereocenters. The predicted octanol–water partition coefficient (Wildman–Crippen LogP) is 4.32. The number of thiocarbonyl (C=S) groups is 1. The van der Waals surface area contributed by atoms with Crippen LogP contribution in [0, 0.1) is 13.8 Å². The summed E-state index contributed by atoms with van der Waals surface area (Å²) < 4.78 is 1.91. The third kappa shape index (κ3) is 5.09. The van der Waals surface area contributed by atoms with E-state index in [0.29, 0.717) is 5.56 Å². The molecule has 1 aromatic heterocycles. The van der Waals surface area contributed by atoms with Crippen molar-refractivity contribution in [2.45, 2.75) is 33.6 Å². The van der Waals surface area contributed by atoms with Gasteiger partial charge in [0.25, 0.3) is 5.91 Å². The quantitative estimate of drug-likeness (QED) is 0.620. The predicted molar refractivity (Wildman–Crippen MR) is 121 cm³/mol. The maximum absolute atomic E-state index is 12.3. The van der Waals surface area contributed by atoms with Crippen LogP contribution in [0.4, 0.5) is 5.69 Å². The summed E-state index contributed by atoms with van der Waals surface area (Å²) in [5.41, 5.74) is 7.30. The van der Waals surface area contributed by atoms with E-state index in [0.717, 1.165) is 24.2 Å². The van der Waals surface area contributed by atoms with E-state index in [1.807, 2.05) is 55.1 Å². The normalized spacial score (nSPS) is 10.6. The summed E-state index contributed by atoms with van der Waals surface area (Å²) in [5, 5.41) is 10.5. The Hall–Kier alpha value is -2.99. The van der Waals surface area contributed by atoms with E-state index >= 15 is 0 Å². The Balaban J connectivity index is 1.58. The highest BCUT2D eigenvalue weighted by molar-refractivity contribution is 7.80. The van der Waals surface area contributed by atoms with Gasteiger partial charge in [-0.3, -0.25) is 14.8 Å². The van der Waals surface area contributed by atoms with Gasteiger partial charge in [0, 0.05) is 36.0 Å². The Kier molecular flexibility index (Phi) is 6.44. The van der Waals surface area contributed by atoms with Crippen LogP contribution in [0.3, 0.4) is 0 Å². The molecule has 150 valence electrons. The Labute approximate surface area is 177 Å². The van der Waals surface area contributed by atoms with Gasteiger partial charge in [0.05, 0.1) is 5.69 Å². The maximum Gasteiger partial charge on any atom is 0.257 e. The largest absolute Gasteiger partial charge is 0.332 e. The van der Waals surface area contributed by atoms with Gasteiger partial charge >= 0.3 is 0 Å². The van der Waals surface area contributed by atoms with Gasteiger partial charge in [-0.2, -0.15) is 5.10 Å². The average molecular weight is 407 g/mol. The molecule has 0 saturated carbocycles. The molecule has 0 fully saturated rings. The molecule has 0 saturated heterocycles. The van der Waals surface area contributed by atoms with Crippen molar-refractivity contribution in [3.8, 4) is 0 Å². The third-order valence-electron chi connectivity index (χ3n) is 5.10. The van der Waals surface area contributed by atoms with Crippen molar-refractivity contribution in [1.29, 1.82) is 0 Å². The van der Waals surface area contributed by atoms with Crippen molar-refractivity contribution in [3.63, 3.8) is 0 Å². The first-order valence-corrected chi connectivity index (χ1v) is 10.1. The smallest absolute Gasteiger partial charge is 0.257 e. The number of nitrogens with zero attached hydrogens (tertiary/aromatic N) is 2. The van der Waals surface area contributed by atoms with E-state index in [9.17, 15) is 4.79 Å². The number of carbonyl (C=O) groups is 1. The fourth-order valence-corrected chi connectivity index (χ4v) is 3.42. The molecule has 0 aliphatic carbocycles. The van der Waals surface area contributed by atoms with E-state index in [4.69, 9.17) is 12.2 Å². The van der Waals surface area contributed by atoms with Gasteiger partial charge in [-0.25, -0.2) is 0 Å². The summed E-state index contributed by atoms with van der Waals surface area (Å²) in [7, 11) is 1.96. The Morgan fingerprint density at radius 1 is 1.03 bits per heavy atom. The Bertz CT molecular complexity index is 1020. The van der Waals surface area contributed by atoms with Gasteiger partial charge in [0.2, 0.25) is 0 Å². The third-order valence-corrected chi connectivity index (χ3v) is 5.31. The minimum absolute atomic E-state index is 0.218. The van der Waals surface area contributed by atoms with Crippen LogP contribution in [0.5, 0.6) is 0 Å². The zero-order chi connectivity index (χ0) is 21.0. The molecule has 0 atom stereocenters. The first kappa shape index (κ1) is 20.7. The molecule has 1 amide bonds. The second-order valence-electron chi connectivity index (χ2n) is 7.11. The first-order valence-electron chi connectivity index (χ1n) is 9.66. The van der Waals surface area contributed by atoms with Gasteiger partial charge in [-0.1, -0.05) is 31.2 Å². The zero-order valence-electron chi connectivity index (χ0n) is 17.2. The number of rotatable bonds is 5. The number of hydrogen-bond donors (Lipinski definition) is 2. The summed E-state index contributed by atoms with van der Waals surface area (Å²) in [5.74, 6) is -0.218. The lowest BCUT2D eigenvalue weighted by atomic mass is 10.0. The molecule has 5 nitrogen and oxygen atoms in total. The van der Waals surface area contributed by atoms with Crippen molar-refractivity contribution in [3.05, 3.63) is 82.2 Å². The molecule has 1 heterocycles. The molecule has 0 aliphatic heterocycles. The number of aryl methyl sites for hydroxylation is 3. The molecule has 3 aromatic rings. The van der Waals surface area contributed by atoms with Gasteiger partial charge in [-0.05, 0) is 67.9 Å². The van der Waals surface area contributed by atoms with Crippen molar-refractivity contribution < 1.29 is 4.79 Å². The zero-order valence-corrected chi connectivity index (χ0v) is 18.1. The SMILES string of the molecule is CCc1ccc(C(=O)NC(=S)Nc2ccc(Cc3c(C)nn(C)c3C)cc2)cc1. The molecule has 6 heteroatoms. The lowest BCUT2D eigenvalue weighted by Crippen LogP contribution is -2.34. The van der Waals surface area contributed by atoms with Crippen LogP contribution in [-0.4, -0.2) is 20.8 Å². The molecule has 0 bridgehead atoms. The number of hydrogen-bond acceptors (Lipinski definition) is 3. The number of benzene rings is 2. The van der Waals surface area contributed by atoms with E-state index in [1.54, 1.807) is 0 Å². The van der Waals surface area contributed by atoms with Crippen molar-refractivity contribution >= 4 is 28.9 Å². The van der Waals surface area contributed by atoms with Crippen molar-refractivity contribution in [2.24, 2.45) is 7.05 Å². The molecule has 0 spiro atoms. The number of aromatic nitrogens is 2. The van der Waals surface area contributed by atoms with Gasteiger partial charge < -0.3 is 5.32 Å². The minimum atomic E-state index is -0.218. The molecule has 0 aliphatic rings. The summed E-state index contributed by atoms with van der Waals surface area (Å²) in [4.78, 5) is 12.3. The van der Waals surface area contributed by atoms with Crippen LogP contribution >= 0.6 is 12.2 Å². The van der Waals surface area contributed by atoms with Crippen molar-refractivity contribution in [2.75, 3.05) is 5.32 Å². The average Bonchev–Trinajstić information content (AvgIpc) is 2.95. The number of carbonyl (C=O) groups excluding carboxylic acids is 1. The van der Waals surface area contributed by atoms with Gasteiger partial charge in [0.1, 0.15) is 0 Å². The summed E-state index contributed by atoms with van der Waals surface area (Å²) in [6.45, 7) is 6.20. The first-order chi connectivity index (χ1) is 13.9. The molecule has 2 aromatic carbocycles. The number of nitrogens with one attached hydrogen (secondary N) is 2. The summed E-state index contributed by atoms with van der Waals surface area (Å²) >= 11 is 5.28. The maximum atomic E-state index is 12.3. The Morgan fingerprint density at radius 3 is 2.21 bits per heavy atom. The highest BCUT2D eigenvalue weighted by atomic mass is 32.1. The topological polar surface area (TPSA) is 59.0 Å². The second-order valence-corrected chi connectivity index (χ2v) is 7.51. The van der Waals surface area contributed by atoms with Crippen LogP contribution in [-0.2, 0) is 19.9 Å². The molecule has 0 radical (unpaired) electrons. The Morgan fingerprint density at radius 2 is 1.66 bits per heavy atom. The fourth-order valence-electron chi connectivity index (χ4n) is 3.21. The number of anilines is 1. The fraction of sp³-hybridized carbons (Fsp3) is 0.261.